The van der Waals surface area contributed by atoms with Crippen LogP contribution in [0, 0.1) is 0 Å². The lowest BCUT2D eigenvalue weighted by atomic mass is 10.2. The predicted octanol–water partition coefficient (Wildman–Crippen LogP) is 4.31. The van der Waals surface area contributed by atoms with Crippen LogP contribution >= 0.6 is 11.6 Å². The number of para-hydroxylation sites is 1. The minimum absolute atomic E-state index is 0.155. The van der Waals surface area contributed by atoms with E-state index in [0.29, 0.717) is 17.1 Å². The highest BCUT2D eigenvalue weighted by Gasteiger charge is 2.19. The van der Waals surface area contributed by atoms with E-state index in [4.69, 9.17) is 21.1 Å². The number of anilines is 2. The maximum Gasteiger partial charge on any atom is 0.344 e. The van der Waals surface area contributed by atoms with Gasteiger partial charge in [-0.3, -0.25) is 9.69 Å². The van der Waals surface area contributed by atoms with Gasteiger partial charge in [0.2, 0.25) is 5.91 Å². The van der Waals surface area contributed by atoms with Gasteiger partial charge in [-0.2, -0.15) is 0 Å². The van der Waals surface area contributed by atoms with E-state index in [0.717, 1.165) is 0 Å². The fourth-order valence-electron chi connectivity index (χ4n) is 2.30. The summed E-state index contributed by atoms with van der Waals surface area (Å²) in [7, 11) is 0. The van der Waals surface area contributed by atoms with Crippen molar-refractivity contribution in [1.82, 2.24) is 0 Å². The summed E-state index contributed by atoms with van der Waals surface area (Å²) in [6.45, 7) is 5.17. The molecule has 0 aromatic heterocycles. The number of benzene rings is 2. The molecule has 0 aliphatic heterocycles. The molecule has 2 aromatic carbocycles. The first kappa shape index (κ1) is 19.8. The number of hydrogen-bond donors (Lipinski definition) is 0. The monoisotopic (exact) mass is 375 g/mol. The Balaban J connectivity index is 2.18. The van der Waals surface area contributed by atoms with E-state index in [2.05, 4.69) is 0 Å². The molecular formula is C20H22ClNO4. The van der Waals surface area contributed by atoms with Gasteiger partial charge in [-0.1, -0.05) is 24.3 Å². The first-order valence-electron chi connectivity index (χ1n) is 8.19. The fraction of sp³-hybridized carbons (Fsp3) is 0.300. The molecule has 5 nitrogen and oxygen atoms in total. The van der Waals surface area contributed by atoms with Crippen LogP contribution in [0.25, 0.3) is 0 Å². The smallest absolute Gasteiger partial charge is 0.344 e. The van der Waals surface area contributed by atoms with Crippen molar-refractivity contribution >= 4 is 34.9 Å². The molecular weight excluding hydrogens is 354 g/mol. The lowest BCUT2D eigenvalue weighted by Gasteiger charge is -2.23. The SMILES string of the molecule is CC(C)(C)OC(=O)COc1cccc(N(C(=O)CCl)c2ccccc2)c1. The number of carbonyl (C=O) groups is 2. The molecule has 0 N–H and O–H groups in total. The first-order chi connectivity index (χ1) is 12.3. The zero-order valence-corrected chi connectivity index (χ0v) is 15.8. The molecule has 0 bridgehead atoms. The van der Waals surface area contributed by atoms with Gasteiger partial charge in [-0.05, 0) is 45.0 Å². The van der Waals surface area contributed by atoms with Crippen molar-refractivity contribution in [2.45, 2.75) is 26.4 Å². The highest BCUT2D eigenvalue weighted by Crippen LogP contribution is 2.28. The van der Waals surface area contributed by atoms with Gasteiger partial charge in [-0.15, -0.1) is 11.6 Å². The maximum atomic E-state index is 12.3. The molecule has 26 heavy (non-hydrogen) atoms. The van der Waals surface area contributed by atoms with E-state index in [1.54, 1.807) is 45.0 Å². The third kappa shape index (κ3) is 5.77. The summed E-state index contributed by atoms with van der Waals surface area (Å²) in [5.41, 5.74) is 0.727. The first-order valence-corrected chi connectivity index (χ1v) is 8.72. The second-order valence-corrected chi connectivity index (χ2v) is 6.84. The van der Waals surface area contributed by atoms with Gasteiger partial charge >= 0.3 is 5.97 Å². The van der Waals surface area contributed by atoms with E-state index < -0.39 is 11.6 Å². The molecule has 2 aromatic rings. The van der Waals surface area contributed by atoms with Gasteiger partial charge in [0.1, 0.15) is 17.2 Å². The third-order valence-electron chi connectivity index (χ3n) is 3.23. The van der Waals surface area contributed by atoms with Crippen LogP contribution in [0.15, 0.2) is 54.6 Å². The summed E-state index contributed by atoms with van der Waals surface area (Å²) in [5.74, 6) is -0.420. The largest absolute Gasteiger partial charge is 0.482 e. The number of ether oxygens (including phenoxy) is 2. The van der Waals surface area contributed by atoms with Crippen molar-refractivity contribution in [3.8, 4) is 5.75 Å². The van der Waals surface area contributed by atoms with Crippen molar-refractivity contribution in [2.24, 2.45) is 0 Å². The molecule has 0 fully saturated rings. The number of alkyl halides is 1. The van der Waals surface area contributed by atoms with Crippen LogP contribution in [0.5, 0.6) is 5.75 Å². The number of amides is 1. The Hall–Kier alpha value is -2.53. The Kier molecular flexibility index (Phi) is 6.64. The summed E-state index contributed by atoms with van der Waals surface area (Å²) < 4.78 is 10.7. The third-order valence-corrected chi connectivity index (χ3v) is 3.46. The van der Waals surface area contributed by atoms with Crippen molar-refractivity contribution in [3.05, 3.63) is 54.6 Å². The molecule has 6 heteroatoms. The Morgan fingerprint density at radius 1 is 1.00 bits per heavy atom. The number of nitrogens with zero attached hydrogens (tertiary/aromatic N) is 1. The minimum atomic E-state index is -0.570. The maximum absolute atomic E-state index is 12.3. The number of carbonyl (C=O) groups excluding carboxylic acids is 2. The van der Waals surface area contributed by atoms with E-state index >= 15 is 0 Å². The van der Waals surface area contributed by atoms with Crippen LogP contribution in [0.3, 0.4) is 0 Å². The molecule has 0 saturated carbocycles. The second-order valence-electron chi connectivity index (χ2n) is 6.57. The van der Waals surface area contributed by atoms with Crippen molar-refractivity contribution in [2.75, 3.05) is 17.4 Å². The van der Waals surface area contributed by atoms with Gasteiger partial charge in [-0.25, -0.2) is 4.79 Å². The minimum Gasteiger partial charge on any atom is -0.482 e. The molecule has 0 unspecified atom stereocenters. The Bertz CT molecular complexity index is 756. The van der Waals surface area contributed by atoms with E-state index in [9.17, 15) is 9.59 Å². The number of halogens is 1. The average molecular weight is 376 g/mol. The average Bonchev–Trinajstić information content (AvgIpc) is 2.60. The Morgan fingerprint density at radius 3 is 2.27 bits per heavy atom. The lowest BCUT2D eigenvalue weighted by Crippen LogP contribution is -2.28. The molecule has 138 valence electrons. The fourth-order valence-corrected chi connectivity index (χ4v) is 2.42. The summed E-state index contributed by atoms with van der Waals surface area (Å²) >= 11 is 5.77. The van der Waals surface area contributed by atoms with E-state index in [1.165, 1.54) is 4.90 Å². The standard InChI is InChI=1S/C20H22ClNO4/c1-20(2,3)26-19(24)14-25-17-11-7-10-16(12-17)22(18(23)13-21)15-8-5-4-6-9-15/h4-12H,13-14H2,1-3H3. The summed E-state index contributed by atoms with van der Waals surface area (Å²) in [6, 6.07) is 16.1. The van der Waals surface area contributed by atoms with Crippen LogP contribution in [-0.4, -0.2) is 30.0 Å². The summed E-state index contributed by atoms with van der Waals surface area (Å²) in [4.78, 5) is 25.6. The molecule has 0 aliphatic carbocycles. The zero-order valence-electron chi connectivity index (χ0n) is 15.1. The van der Waals surface area contributed by atoms with Crippen LogP contribution < -0.4 is 9.64 Å². The molecule has 0 saturated heterocycles. The van der Waals surface area contributed by atoms with Gasteiger partial charge in [0, 0.05) is 11.8 Å². The lowest BCUT2D eigenvalue weighted by molar-refractivity contribution is -0.157. The normalized spacial score (nSPS) is 10.9. The van der Waals surface area contributed by atoms with Crippen LogP contribution in [0.1, 0.15) is 20.8 Å². The second kappa shape index (κ2) is 8.72. The molecule has 1 amide bonds. The molecule has 2 rings (SSSR count). The van der Waals surface area contributed by atoms with E-state index in [1.807, 2.05) is 30.3 Å². The molecule has 0 spiro atoms. The number of rotatable bonds is 6. The summed E-state index contributed by atoms with van der Waals surface area (Å²) in [6.07, 6.45) is 0. The highest BCUT2D eigenvalue weighted by molar-refractivity contribution is 6.30. The molecule has 0 heterocycles. The van der Waals surface area contributed by atoms with Gasteiger partial charge in [0.15, 0.2) is 6.61 Å². The van der Waals surface area contributed by atoms with Crippen molar-refractivity contribution in [1.29, 1.82) is 0 Å². The van der Waals surface area contributed by atoms with Crippen LogP contribution in [0.2, 0.25) is 0 Å². The molecule has 0 atom stereocenters. The Labute approximate surface area is 158 Å². The van der Waals surface area contributed by atoms with Gasteiger partial charge in [0.25, 0.3) is 0 Å². The Morgan fingerprint density at radius 2 is 1.65 bits per heavy atom. The topological polar surface area (TPSA) is 55.8 Å². The van der Waals surface area contributed by atoms with Crippen molar-refractivity contribution in [3.63, 3.8) is 0 Å². The van der Waals surface area contributed by atoms with Crippen LogP contribution in [-0.2, 0) is 14.3 Å². The zero-order chi connectivity index (χ0) is 19.2. The predicted molar refractivity (Wildman–Crippen MR) is 102 cm³/mol. The number of esters is 1. The molecule has 0 aliphatic rings. The summed E-state index contributed by atoms with van der Waals surface area (Å²) in [5, 5.41) is 0. The van der Waals surface area contributed by atoms with E-state index in [-0.39, 0.29) is 18.4 Å². The quantitative estimate of drug-likeness (QED) is 0.557. The van der Waals surface area contributed by atoms with Crippen LogP contribution in [0.4, 0.5) is 11.4 Å². The van der Waals surface area contributed by atoms with Gasteiger partial charge < -0.3 is 9.47 Å². The molecule has 0 radical (unpaired) electrons. The van der Waals surface area contributed by atoms with Gasteiger partial charge in [0.05, 0.1) is 5.69 Å². The highest BCUT2D eigenvalue weighted by atomic mass is 35.5. The van der Waals surface area contributed by atoms with Crippen molar-refractivity contribution < 1.29 is 19.1 Å². The number of hydrogen-bond acceptors (Lipinski definition) is 4.